The molecule has 0 amide bonds. The molecule has 35 heavy (non-hydrogen) atoms. The molecule has 0 atom stereocenters. The van der Waals surface area contributed by atoms with Gasteiger partial charge in [0, 0.05) is 22.6 Å². The van der Waals surface area contributed by atoms with E-state index in [2.05, 4.69) is 4.74 Å². The first-order valence-corrected chi connectivity index (χ1v) is 10.9. The van der Waals surface area contributed by atoms with E-state index in [-0.39, 0.29) is 11.5 Å². The molecule has 0 fully saturated rings. The summed E-state index contributed by atoms with van der Waals surface area (Å²) in [5.41, 5.74) is 4.90. The van der Waals surface area contributed by atoms with Crippen LogP contribution in [0.1, 0.15) is 32.1 Å². The van der Waals surface area contributed by atoms with E-state index in [4.69, 9.17) is 4.74 Å². The standard InChI is InChI=1S/C28H23F2NO4/c1-18-16-25(19(2)31(18)23-12-14-24(15-13-23)35-28(29)30)26(32)17-34-27(33)22-10-8-21(9-11-22)20-6-4-3-5-7-20/h3-16,28H,17H2,1-2H3. The van der Waals surface area contributed by atoms with E-state index in [1.165, 1.54) is 12.1 Å². The fraction of sp³-hybridized carbons (Fsp3) is 0.143. The second-order valence-electron chi connectivity index (χ2n) is 7.94. The van der Waals surface area contributed by atoms with Crippen molar-refractivity contribution in [3.8, 4) is 22.6 Å². The van der Waals surface area contributed by atoms with E-state index in [9.17, 15) is 18.4 Å². The van der Waals surface area contributed by atoms with Gasteiger partial charge in [0.1, 0.15) is 5.75 Å². The van der Waals surface area contributed by atoms with E-state index >= 15 is 0 Å². The number of esters is 1. The maximum Gasteiger partial charge on any atom is 0.387 e. The number of ketones is 1. The van der Waals surface area contributed by atoms with Gasteiger partial charge in [0.2, 0.25) is 5.78 Å². The number of nitrogens with zero attached hydrogens (tertiary/aromatic N) is 1. The quantitative estimate of drug-likeness (QED) is 0.219. The number of hydrogen-bond donors (Lipinski definition) is 0. The minimum atomic E-state index is -2.90. The van der Waals surface area contributed by atoms with Crippen molar-refractivity contribution >= 4 is 11.8 Å². The Kier molecular flexibility index (Phi) is 7.06. The Labute approximate surface area is 201 Å². The molecule has 0 radical (unpaired) electrons. The summed E-state index contributed by atoms with van der Waals surface area (Å²) in [6.45, 7) is 0.302. The van der Waals surface area contributed by atoms with Gasteiger partial charge < -0.3 is 14.0 Å². The van der Waals surface area contributed by atoms with Crippen molar-refractivity contribution in [1.82, 2.24) is 4.57 Å². The largest absolute Gasteiger partial charge is 0.454 e. The first-order chi connectivity index (χ1) is 16.8. The van der Waals surface area contributed by atoms with Gasteiger partial charge in [0.15, 0.2) is 6.61 Å². The summed E-state index contributed by atoms with van der Waals surface area (Å²) < 4.78 is 36.3. The molecule has 0 unspecified atom stereocenters. The molecule has 0 N–H and O–H groups in total. The zero-order valence-corrected chi connectivity index (χ0v) is 19.2. The maximum absolute atomic E-state index is 12.8. The van der Waals surface area contributed by atoms with Gasteiger partial charge in [-0.2, -0.15) is 8.78 Å². The maximum atomic E-state index is 12.8. The highest BCUT2D eigenvalue weighted by Crippen LogP contribution is 2.24. The SMILES string of the molecule is Cc1cc(C(=O)COC(=O)c2ccc(-c3ccccc3)cc2)c(C)n1-c1ccc(OC(F)F)cc1. The summed E-state index contributed by atoms with van der Waals surface area (Å²) in [6.07, 6.45) is 0. The minimum absolute atomic E-state index is 0.0474. The molecule has 0 bridgehead atoms. The zero-order valence-electron chi connectivity index (χ0n) is 19.2. The number of carbonyl (C=O) groups excluding carboxylic acids is 2. The molecule has 0 aliphatic carbocycles. The molecule has 0 aliphatic rings. The predicted molar refractivity (Wildman–Crippen MR) is 128 cm³/mol. The molecule has 1 heterocycles. The van der Waals surface area contributed by atoms with Crippen molar-refractivity contribution in [3.63, 3.8) is 0 Å². The third-order valence-corrected chi connectivity index (χ3v) is 5.61. The van der Waals surface area contributed by atoms with Crippen LogP contribution in [0, 0.1) is 13.8 Å². The van der Waals surface area contributed by atoms with Crippen molar-refractivity contribution in [2.24, 2.45) is 0 Å². The normalized spacial score (nSPS) is 10.9. The average Bonchev–Trinajstić information content (AvgIpc) is 3.17. The highest BCUT2D eigenvalue weighted by molar-refractivity contribution is 6.00. The number of alkyl halides is 2. The van der Waals surface area contributed by atoms with E-state index in [0.717, 1.165) is 16.8 Å². The molecule has 4 aromatic rings. The number of aryl methyl sites for hydroxylation is 1. The Bertz CT molecular complexity index is 1330. The number of hydrogen-bond acceptors (Lipinski definition) is 4. The van der Waals surface area contributed by atoms with Crippen molar-refractivity contribution < 1.29 is 27.8 Å². The highest BCUT2D eigenvalue weighted by atomic mass is 19.3. The monoisotopic (exact) mass is 475 g/mol. The van der Waals surface area contributed by atoms with Gasteiger partial charge in [-0.05, 0) is 67.4 Å². The molecule has 5 nitrogen and oxygen atoms in total. The molecule has 3 aromatic carbocycles. The summed E-state index contributed by atoms with van der Waals surface area (Å²) in [6, 6.07) is 24.6. The van der Waals surface area contributed by atoms with Crippen LogP contribution in [0.4, 0.5) is 8.78 Å². The van der Waals surface area contributed by atoms with Crippen LogP contribution in [0.15, 0.2) is 84.9 Å². The molecular formula is C28H23F2NO4. The van der Waals surface area contributed by atoms with Crippen LogP contribution in [0.5, 0.6) is 5.75 Å². The van der Waals surface area contributed by atoms with Crippen LogP contribution in [0.25, 0.3) is 16.8 Å². The molecular weight excluding hydrogens is 452 g/mol. The van der Waals surface area contributed by atoms with Crippen molar-refractivity contribution in [2.75, 3.05) is 6.61 Å². The van der Waals surface area contributed by atoms with Gasteiger partial charge in [-0.25, -0.2) is 4.79 Å². The molecule has 1 aromatic heterocycles. The van der Waals surface area contributed by atoms with Gasteiger partial charge in [-0.15, -0.1) is 0 Å². The lowest BCUT2D eigenvalue weighted by Gasteiger charge is -2.11. The Balaban J connectivity index is 1.42. The molecule has 0 saturated carbocycles. The topological polar surface area (TPSA) is 57.5 Å². The molecule has 0 aliphatic heterocycles. The highest BCUT2D eigenvalue weighted by Gasteiger charge is 2.19. The Morgan fingerprint density at radius 3 is 2.11 bits per heavy atom. The molecule has 178 valence electrons. The van der Waals surface area contributed by atoms with Crippen molar-refractivity contribution in [2.45, 2.75) is 20.5 Å². The number of benzene rings is 3. The Morgan fingerprint density at radius 2 is 1.49 bits per heavy atom. The summed E-state index contributed by atoms with van der Waals surface area (Å²) >= 11 is 0. The van der Waals surface area contributed by atoms with Gasteiger partial charge >= 0.3 is 12.6 Å². The number of carbonyl (C=O) groups is 2. The summed E-state index contributed by atoms with van der Waals surface area (Å²) in [4.78, 5) is 25.3. The number of aromatic nitrogens is 1. The molecule has 7 heteroatoms. The van der Waals surface area contributed by atoms with Gasteiger partial charge in [0.05, 0.1) is 5.56 Å². The first kappa shape index (κ1) is 23.9. The third kappa shape index (κ3) is 5.46. The average molecular weight is 475 g/mol. The lowest BCUT2D eigenvalue weighted by atomic mass is 10.0. The van der Waals surface area contributed by atoms with Crippen LogP contribution in [-0.4, -0.2) is 29.5 Å². The van der Waals surface area contributed by atoms with E-state index < -0.39 is 19.2 Å². The second-order valence-corrected chi connectivity index (χ2v) is 7.94. The Morgan fingerprint density at radius 1 is 0.857 bits per heavy atom. The van der Waals surface area contributed by atoms with Crippen LogP contribution < -0.4 is 4.74 Å². The fourth-order valence-corrected chi connectivity index (χ4v) is 3.94. The van der Waals surface area contributed by atoms with Gasteiger partial charge in [-0.1, -0.05) is 42.5 Å². The predicted octanol–water partition coefficient (Wildman–Crippen LogP) is 6.40. The first-order valence-electron chi connectivity index (χ1n) is 10.9. The van der Waals surface area contributed by atoms with Crippen LogP contribution >= 0.6 is 0 Å². The summed E-state index contributed by atoms with van der Waals surface area (Å²) in [7, 11) is 0. The van der Waals surface area contributed by atoms with E-state index in [0.29, 0.717) is 22.5 Å². The number of Topliss-reactive ketones (excluding diaryl/α,β-unsaturated/α-hetero) is 1. The number of halogens is 2. The number of rotatable bonds is 8. The molecule has 0 spiro atoms. The molecule has 0 saturated heterocycles. The summed E-state index contributed by atoms with van der Waals surface area (Å²) in [5, 5.41) is 0. The lowest BCUT2D eigenvalue weighted by Crippen LogP contribution is -2.15. The third-order valence-electron chi connectivity index (χ3n) is 5.61. The van der Waals surface area contributed by atoms with Gasteiger partial charge in [0.25, 0.3) is 0 Å². The minimum Gasteiger partial charge on any atom is -0.454 e. The van der Waals surface area contributed by atoms with Crippen LogP contribution in [-0.2, 0) is 4.74 Å². The zero-order chi connectivity index (χ0) is 24.9. The van der Waals surface area contributed by atoms with Crippen molar-refractivity contribution in [3.05, 3.63) is 107 Å². The van der Waals surface area contributed by atoms with E-state index in [1.807, 2.05) is 54.0 Å². The Hall–Kier alpha value is -4.26. The number of ether oxygens (including phenoxy) is 2. The van der Waals surface area contributed by atoms with Crippen LogP contribution in [0.3, 0.4) is 0 Å². The molecule has 4 rings (SSSR count). The fourth-order valence-electron chi connectivity index (χ4n) is 3.94. The van der Waals surface area contributed by atoms with E-state index in [1.54, 1.807) is 37.3 Å². The van der Waals surface area contributed by atoms with Gasteiger partial charge in [-0.3, -0.25) is 4.79 Å². The lowest BCUT2D eigenvalue weighted by molar-refractivity contribution is -0.0498. The van der Waals surface area contributed by atoms with Crippen molar-refractivity contribution in [1.29, 1.82) is 0 Å². The van der Waals surface area contributed by atoms with Crippen LogP contribution in [0.2, 0.25) is 0 Å². The smallest absolute Gasteiger partial charge is 0.387 e. The second kappa shape index (κ2) is 10.3. The summed E-state index contributed by atoms with van der Waals surface area (Å²) in [5.74, 6) is -0.871.